The molecule has 4 bridgehead atoms. The Bertz CT molecular complexity index is 988. The van der Waals surface area contributed by atoms with Crippen molar-refractivity contribution < 1.29 is 14.7 Å². The quantitative estimate of drug-likeness (QED) is 0.411. The highest BCUT2D eigenvalue weighted by atomic mass is 16.4. The van der Waals surface area contributed by atoms with Crippen LogP contribution in [0, 0.1) is 24.7 Å². The number of amides is 1. The second kappa shape index (κ2) is 13.3. The molecule has 1 unspecified atom stereocenters. The third kappa shape index (κ3) is 6.80. The van der Waals surface area contributed by atoms with Gasteiger partial charge in [0.2, 0.25) is 5.91 Å². The number of piperidine rings is 2. The summed E-state index contributed by atoms with van der Waals surface area (Å²) in [4.78, 5) is 28.4. The number of hydrogen-bond acceptors (Lipinski definition) is 4. The molecule has 1 aromatic carbocycles. The summed E-state index contributed by atoms with van der Waals surface area (Å²) >= 11 is 0. The molecule has 38 heavy (non-hydrogen) atoms. The Morgan fingerprint density at radius 3 is 2.58 bits per heavy atom. The molecular weight excluding hydrogens is 474 g/mol. The average molecular weight is 520 g/mol. The molecule has 6 rings (SSSR count). The average Bonchev–Trinajstić information content (AvgIpc) is 3.58. The van der Waals surface area contributed by atoms with Crippen LogP contribution in [0.2, 0.25) is 0 Å². The van der Waals surface area contributed by atoms with Gasteiger partial charge in [-0.1, -0.05) is 36.8 Å². The lowest BCUT2D eigenvalue weighted by Crippen LogP contribution is -2.58. The molecule has 2 N–H and O–H groups in total. The van der Waals surface area contributed by atoms with Crippen molar-refractivity contribution in [3.8, 4) is 12.8 Å². The highest BCUT2D eigenvalue weighted by Crippen LogP contribution is 2.37. The van der Waals surface area contributed by atoms with E-state index in [0.29, 0.717) is 37.0 Å². The van der Waals surface area contributed by atoms with Crippen LogP contribution in [0.15, 0.2) is 42.0 Å². The van der Waals surface area contributed by atoms with Gasteiger partial charge in [-0.2, -0.15) is 0 Å². The minimum atomic E-state index is -0.887. The number of allylic oxidation sites excluding steroid dienone is 2. The predicted molar refractivity (Wildman–Crippen MR) is 153 cm³/mol. The van der Waals surface area contributed by atoms with Crippen molar-refractivity contribution in [3.05, 3.63) is 42.0 Å². The van der Waals surface area contributed by atoms with E-state index in [0.717, 1.165) is 30.9 Å². The molecule has 2 aliphatic carbocycles. The van der Waals surface area contributed by atoms with Crippen molar-refractivity contribution in [2.24, 2.45) is 11.8 Å². The Morgan fingerprint density at radius 2 is 1.87 bits per heavy atom. The van der Waals surface area contributed by atoms with Gasteiger partial charge in [0.1, 0.15) is 6.04 Å². The molecule has 0 aromatic heterocycles. The summed E-state index contributed by atoms with van der Waals surface area (Å²) < 4.78 is 0. The molecule has 0 spiro atoms. The Kier molecular flexibility index (Phi) is 9.91. The predicted octanol–water partition coefficient (Wildman–Crippen LogP) is 5.24. The van der Waals surface area contributed by atoms with E-state index in [1.807, 2.05) is 18.2 Å². The van der Waals surface area contributed by atoms with Crippen LogP contribution in [0.5, 0.6) is 0 Å². The largest absolute Gasteiger partial charge is 0.480 e. The van der Waals surface area contributed by atoms with Gasteiger partial charge in [0.05, 0.1) is 6.54 Å². The van der Waals surface area contributed by atoms with E-state index in [4.69, 9.17) is 0 Å². The molecular formula is C32H45N3O3. The van der Waals surface area contributed by atoms with Crippen LogP contribution in [0.3, 0.4) is 0 Å². The normalized spacial score (nSPS) is 31.1. The molecule has 3 aliphatic heterocycles. The van der Waals surface area contributed by atoms with Crippen LogP contribution < -0.4 is 10.2 Å². The first kappa shape index (κ1) is 28.2. The molecule has 206 valence electrons. The lowest BCUT2D eigenvalue weighted by Gasteiger charge is -2.47. The molecule has 6 heteroatoms. The SMILES string of the molecule is C#C.C1=C2CC[C@@H](CC1)C2.C[C@@H]1CC[C@H]2C[C@@H](N(CC(=O)N3CCC[C@H]3C(=O)O)c3ccccc3)CC1N2. The number of rotatable bonds is 5. The number of nitrogens with zero attached hydrogens (tertiary/aromatic N) is 2. The number of terminal acetylenes is 1. The summed E-state index contributed by atoms with van der Waals surface area (Å²) in [5.41, 5.74) is 2.81. The van der Waals surface area contributed by atoms with Crippen molar-refractivity contribution >= 4 is 17.6 Å². The Hall–Kier alpha value is -2.78. The fourth-order valence-electron chi connectivity index (χ4n) is 7.20. The fourth-order valence-corrected chi connectivity index (χ4v) is 7.20. The van der Waals surface area contributed by atoms with Crippen LogP contribution in [0.25, 0.3) is 0 Å². The number of benzene rings is 1. The zero-order chi connectivity index (χ0) is 27.1. The first-order valence-corrected chi connectivity index (χ1v) is 14.6. The van der Waals surface area contributed by atoms with Crippen LogP contribution in [0.4, 0.5) is 5.69 Å². The molecule has 5 aliphatic rings. The van der Waals surface area contributed by atoms with E-state index in [9.17, 15) is 14.7 Å². The number of carbonyl (C=O) groups excluding carboxylic acids is 1. The van der Waals surface area contributed by atoms with Gasteiger partial charge in [0.25, 0.3) is 0 Å². The molecule has 0 radical (unpaired) electrons. The molecule has 6 atom stereocenters. The van der Waals surface area contributed by atoms with Gasteiger partial charge in [0, 0.05) is 30.4 Å². The molecule has 3 heterocycles. The van der Waals surface area contributed by atoms with Gasteiger partial charge in [0.15, 0.2) is 0 Å². The number of carboxylic acids is 1. The number of carbonyl (C=O) groups is 2. The zero-order valence-electron chi connectivity index (χ0n) is 22.9. The van der Waals surface area contributed by atoms with E-state index in [-0.39, 0.29) is 12.5 Å². The fraction of sp³-hybridized carbons (Fsp3) is 0.625. The molecule has 1 amide bonds. The number of nitrogens with one attached hydrogen (secondary N) is 1. The summed E-state index contributed by atoms with van der Waals surface area (Å²) in [6.07, 6.45) is 23.5. The standard InChI is InChI=1S/C22H31N3O3.C8H12.C2H2/c1-15-9-10-16-12-18(13-19(15)23-16)25(17-6-3-2-4-7-17)14-21(26)24-11-5-8-20(24)22(27)28;1-2-7-4-5-8(3-1)6-7;1-2/h2-4,6-7,15-16,18-20,23H,5,8-14H2,1H3,(H,27,28);2,8H,1,3-6H2;1-2H/t15-,16+,18-,19?,20+;8-;/m11./s1. The van der Waals surface area contributed by atoms with E-state index >= 15 is 0 Å². The molecule has 3 saturated heterocycles. The van der Waals surface area contributed by atoms with E-state index in [2.05, 4.69) is 48.2 Å². The highest BCUT2D eigenvalue weighted by Gasteiger charge is 2.40. The Labute approximate surface area is 228 Å². The van der Waals surface area contributed by atoms with Crippen molar-refractivity contribution in [2.75, 3.05) is 18.0 Å². The Morgan fingerprint density at radius 1 is 1.08 bits per heavy atom. The third-order valence-corrected chi connectivity index (χ3v) is 9.31. The van der Waals surface area contributed by atoms with E-state index < -0.39 is 12.0 Å². The van der Waals surface area contributed by atoms with E-state index in [1.165, 1.54) is 44.9 Å². The molecule has 1 saturated carbocycles. The van der Waals surface area contributed by atoms with Gasteiger partial charge >= 0.3 is 5.97 Å². The number of para-hydroxylation sites is 1. The second-order valence-electron chi connectivity index (χ2n) is 11.7. The Balaban J connectivity index is 0.000000281. The summed E-state index contributed by atoms with van der Waals surface area (Å²) in [6.45, 7) is 3.12. The maximum absolute atomic E-state index is 13.1. The van der Waals surface area contributed by atoms with Gasteiger partial charge in [-0.05, 0) is 94.6 Å². The molecule has 4 fully saturated rings. The van der Waals surface area contributed by atoms with Crippen molar-refractivity contribution in [3.63, 3.8) is 0 Å². The van der Waals surface area contributed by atoms with Crippen molar-refractivity contribution in [1.29, 1.82) is 0 Å². The van der Waals surface area contributed by atoms with Crippen LogP contribution in [-0.2, 0) is 9.59 Å². The van der Waals surface area contributed by atoms with Crippen molar-refractivity contribution in [1.82, 2.24) is 10.2 Å². The van der Waals surface area contributed by atoms with Crippen LogP contribution in [0.1, 0.15) is 77.6 Å². The number of fused-ring (bicyclic) bond motifs is 4. The zero-order valence-corrected chi connectivity index (χ0v) is 22.9. The van der Waals surface area contributed by atoms with Gasteiger partial charge in [-0.25, -0.2) is 4.79 Å². The van der Waals surface area contributed by atoms with Gasteiger partial charge in [-0.15, -0.1) is 12.8 Å². The highest BCUT2D eigenvalue weighted by molar-refractivity contribution is 5.87. The first-order chi connectivity index (χ1) is 18.5. The maximum Gasteiger partial charge on any atom is 0.326 e. The minimum Gasteiger partial charge on any atom is -0.480 e. The number of aliphatic carboxylic acids is 1. The minimum absolute atomic E-state index is 0.0644. The monoisotopic (exact) mass is 519 g/mol. The molecule has 1 aromatic rings. The first-order valence-electron chi connectivity index (χ1n) is 14.6. The summed E-state index contributed by atoms with van der Waals surface area (Å²) in [5, 5.41) is 13.2. The van der Waals surface area contributed by atoms with Gasteiger partial charge in [-0.3, -0.25) is 4.79 Å². The summed E-state index contributed by atoms with van der Waals surface area (Å²) in [5.74, 6) is 0.796. The van der Waals surface area contributed by atoms with Crippen LogP contribution in [-0.4, -0.2) is 59.1 Å². The van der Waals surface area contributed by atoms with Gasteiger partial charge < -0.3 is 20.2 Å². The topological polar surface area (TPSA) is 72.9 Å². The third-order valence-electron chi connectivity index (χ3n) is 9.31. The number of carboxylic acid groups (broad SMARTS) is 1. The van der Waals surface area contributed by atoms with Crippen molar-refractivity contribution in [2.45, 2.75) is 102 Å². The lowest BCUT2D eigenvalue weighted by atomic mass is 9.78. The molecule has 6 nitrogen and oxygen atoms in total. The van der Waals surface area contributed by atoms with Crippen LogP contribution >= 0.6 is 0 Å². The van der Waals surface area contributed by atoms with E-state index in [1.54, 1.807) is 10.5 Å². The number of anilines is 1. The summed E-state index contributed by atoms with van der Waals surface area (Å²) in [6, 6.07) is 10.8. The number of hydrogen-bond donors (Lipinski definition) is 2. The smallest absolute Gasteiger partial charge is 0.326 e. The lowest BCUT2D eigenvalue weighted by molar-refractivity contribution is -0.147. The number of likely N-dealkylation sites (tertiary alicyclic amines) is 1. The second-order valence-corrected chi connectivity index (χ2v) is 11.7. The maximum atomic E-state index is 13.1. The summed E-state index contributed by atoms with van der Waals surface area (Å²) in [7, 11) is 0.